The van der Waals surface area contributed by atoms with Gasteiger partial charge in [0, 0.05) is 27.2 Å². The Morgan fingerprint density at radius 3 is 1.50 bits per heavy atom. The zero-order chi connectivity index (χ0) is 28.8. The third-order valence-corrected chi connectivity index (χ3v) is 10.9. The van der Waals surface area contributed by atoms with E-state index < -0.39 is 0 Å². The van der Waals surface area contributed by atoms with E-state index in [1.54, 1.807) is 0 Å². The number of furan rings is 1. The molecule has 0 amide bonds. The fraction of sp³-hybridized carbons (Fsp3) is 0.220. The maximum absolute atomic E-state index is 6.27. The Bertz CT molecular complexity index is 2130. The third-order valence-electron chi connectivity index (χ3n) is 10.9. The minimum absolute atomic E-state index is 0.00680. The topological polar surface area (TPSA) is 13.1 Å². The van der Waals surface area contributed by atoms with E-state index in [1.165, 1.54) is 66.8 Å². The quantitative estimate of drug-likeness (QED) is 0.201. The van der Waals surface area contributed by atoms with Gasteiger partial charge in [-0.25, -0.2) is 0 Å². The van der Waals surface area contributed by atoms with Gasteiger partial charge in [0.25, 0.3) is 0 Å². The first-order valence-corrected chi connectivity index (χ1v) is 15.2. The third kappa shape index (κ3) is 2.84. The van der Waals surface area contributed by atoms with Crippen LogP contribution in [0.3, 0.4) is 0 Å². The molecule has 0 aliphatic heterocycles. The second-order valence-corrected chi connectivity index (χ2v) is 14.2. The van der Waals surface area contributed by atoms with Crippen LogP contribution in [0.15, 0.2) is 101 Å². The average molecular weight is 543 g/mol. The van der Waals surface area contributed by atoms with Crippen LogP contribution in [-0.2, 0) is 16.2 Å². The van der Waals surface area contributed by atoms with Gasteiger partial charge in [-0.2, -0.15) is 0 Å². The van der Waals surface area contributed by atoms with Crippen LogP contribution in [0.1, 0.15) is 74.9 Å². The van der Waals surface area contributed by atoms with Crippen LogP contribution in [0.5, 0.6) is 0 Å². The van der Waals surface area contributed by atoms with Gasteiger partial charge in [0.05, 0.1) is 0 Å². The average Bonchev–Trinajstić information content (AvgIpc) is 3.64. The molecule has 1 heterocycles. The first-order valence-electron chi connectivity index (χ1n) is 15.2. The maximum Gasteiger partial charge on any atom is 0.135 e. The second-order valence-electron chi connectivity index (χ2n) is 14.2. The molecule has 0 radical (unpaired) electrons. The van der Waals surface area contributed by atoms with Gasteiger partial charge >= 0.3 is 0 Å². The molecule has 0 bridgehead atoms. The zero-order valence-electron chi connectivity index (χ0n) is 25.1. The molecule has 0 spiro atoms. The van der Waals surface area contributed by atoms with Crippen LogP contribution in [0.4, 0.5) is 0 Å². The standard InChI is InChI=1S/C41H34O/c1-39(2)31-13-9-8-12-25(31)27-19-35-29(21-33(27)39)30-22-34-28(20-36(30)41(35,5)6)26-16-15-24(17-32(26)40(34,3)4)38-18-23-11-7-10-14-37(23)42-38/h7-22H,1-6H3. The highest BCUT2D eigenvalue weighted by Gasteiger charge is 2.44. The molecular weight excluding hydrogens is 508 g/mol. The Kier molecular flexibility index (Phi) is 4.35. The Balaban J connectivity index is 1.22. The van der Waals surface area contributed by atoms with Gasteiger partial charge in [-0.05, 0) is 109 Å². The van der Waals surface area contributed by atoms with E-state index in [9.17, 15) is 0 Å². The summed E-state index contributed by atoms with van der Waals surface area (Å²) in [5.41, 5.74) is 18.8. The molecule has 5 aromatic carbocycles. The van der Waals surface area contributed by atoms with Crippen molar-refractivity contribution < 1.29 is 4.42 Å². The number of hydrogen-bond acceptors (Lipinski definition) is 1. The van der Waals surface area contributed by atoms with Crippen molar-refractivity contribution in [1.29, 1.82) is 0 Å². The monoisotopic (exact) mass is 542 g/mol. The summed E-state index contributed by atoms with van der Waals surface area (Å²) in [5, 5.41) is 1.14. The minimum Gasteiger partial charge on any atom is -0.456 e. The molecule has 0 saturated carbocycles. The van der Waals surface area contributed by atoms with Crippen molar-refractivity contribution >= 4 is 11.0 Å². The van der Waals surface area contributed by atoms with Crippen molar-refractivity contribution in [3.05, 3.63) is 130 Å². The highest BCUT2D eigenvalue weighted by Crippen LogP contribution is 2.59. The van der Waals surface area contributed by atoms with E-state index in [2.05, 4.69) is 126 Å². The lowest BCUT2D eigenvalue weighted by Crippen LogP contribution is -2.17. The van der Waals surface area contributed by atoms with Crippen LogP contribution < -0.4 is 0 Å². The number of para-hydroxylation sites is 1. The van der Waals surface area contributed by atoms with Crippen LogP contribution in [-0.4, -0.2) is 0 Å². The van der Waals surface area contributed by atoms with Crippen LogP contribution in [0.25, 0.3) is 55.7 Å². The zero-order valence-corrected chi connectivity index (χ0v) is 25.1. The van der Waals surface area contributed by atoms with Crippen LogP contribution in [0, 0.1) is 0 Å². The van der Waals surface area contributed by atoms with Gasteiger partial charge in [-0.3, -0.25) is 0 Å². The lowest BCUT2D eigenvalue weighted by molar-refractivity contribution is 0.630. The molecule has 1 nitrogen and oxygen atoms in total. The molecule has 0 unspecified atom stereocenters. The Labute approximate surface area is 247 Å². The predicted octanol–water partition coefficient (Wildman–Crippen LogP) is 11.0. The maximum atomic E-state index is 6.27. The molecule has 0 fully saturated rings. The fourth-order valence-electron chi connectivity index (χ4n) is 8.43. The second kappa shape index (κ2) is 7.53. The summed E-state index contributed by atoms with van der Waals surface area (Å²) in [6, 6.07) is 36.4. The van der Waals surface area contributed by atoms with E-state index in [4.69, 9.17) is 4.42 Å². The molecular formula is C41H34O. The van der Waals surface area contributed by atoms with E-state index in [-0.39, 0.29) is 16.2 Å². The molecule has 0 saturated heterocycles. The summed E-state index contributed by atoms with van der Waals surface area (Å²) < 4.78 is 6.27. The predicted molar refractivity (Wildman–Crippen MR) is 174 cm³/mol. The van der Waals surface area contributed by atoms with Gasteiger partial charge in [0.1, 0.15) is 11.3 Å². The van der Waals surface area contributed by atoms with Gasteiger partial charge in [-0.15, -0.1) is 0 Å². The van der Waals surface area contributed by atoms with Gasteiger partial charge in [0.2, 0.25) is 0 Å². The van der Waals surface area contributed by atoms with Crippen LogP contribution in [0.2, 0.25) is 0 Å². The number of rotatable bonds is 1. The molecule has 3 aliphatic carbocycles. The largest absolute Gasteiger partial charge is 0.456 e. The lowest BCUT2D eigenvalue weighted by atomic mass is 9.78. The molecule has 1 aromatic heterocycles. The molecule has 9 rings (SSSR count). The molecule has 6 aromatic rings. The van der Waals surface area contributed by atoms with E-state index in [0.717, 1.165) is 22.3 Å². The molecule has 42 heavy (non-hydrogen) atoms. The lowest BCUT2D eigenvalue weighted by Gasteiger charge is -2.24. The number of hydrogen-bond donors (Lipinski definition) is 0. The molecule has 204 valence electrons. The summed E-state index contributed by atoms with van der Waals surface area (Å²) in [6.45, 7) is 14.4. The summed E-state index contributed by atoms with van der Waals surface area (Å²) >= 11 is 0. The van der Waals surface area contributed by atoms with Crippen molar-refractivity contribution in [2.75, 3.05) is 0 Å². The molecule has 0 N–H and O–H groups in total. The van der Waals surface area contributed by atoms with Crippen LogP contribution >= 0.6 is 0 Å². The summed E-state index contributed by atoms with van der Waals surface area (Å²) in [5.74, 6) is 0.931. The van der Waals surface area contributed by atoms with Crippen molar-refractivity contribution in [1.82, 2.24) is 0 Å². The smallest absolute Gasteiger partial charge is 0.135 e. The number of fused-ring (bicyclic) bond motifs is 10. The Morgan fingerprint density at radius 1 is 0.405 bits per heavy atom. The van der Waals surface area contributed by atoms with Gasteiger partial charge in [-0.1, -0.05) is 96.1 Å². The van der Waals surface area contributed by atoms with E-state index in [1.807, 2.05) is 12.1 Å². The van der Waals surface area contributed by atoms with E-state index >= 15 is 0 Å². The fourth-order valence-corrected chi connectivity index (χ4v) is 8.43. The number of benzene rings is 5. The SMILES string of the molecule is CC1(C)c2ccccc2-c2cc3c(cc21)-c1cc2c(cc1C3(C)C)-c1ccc(-c3cc4ccccc4o3)cc1C2(C)C. The van der Waals surface area contributed by atoms with Gasteiger partial charge < -0.3 is 4.42 Å². The summed E-state index contributed by atoms with van der Waals surface area (Å²) in [6.07, 6.45) is 0. The first kappa shape index (κ1) is 24.3. The van der Waals surface area contributed by atoms with Crippen molar-refractivity contribution in [3.63, 3.8) is 0 Å². The van der Waals surface area contributed by atoms with Crippen molar-refractivity contribution in [3.8, 4) is 44.7 Å². The highest BCUT2D eigenvalue weighted by molar-refractivity contribution is 5.94. The molecule has 1 heteroatoms. The van der Waals surface area contributed by atoms with Crippen molar-refractivity contribution in [2.24, 2.45) is 0 Å². The van der Waals surface area contributed by atoms with E-state index in [0.29, 0.717) is 0 Å². The molecule has 3 aliphatic rings. The highest BCUT2D eigenvalue weighted by atomic mass is 16.3. The molecule has 0 atom stereocenters. The van der Waals surface area contributed by atoms with Gasteiger partial charge in [0.15, 0.2) is 0 Å². The Hall–Kier alpha value is -4.36. The summed E-state index contributed by atoms with van der Waals surface area (Å²) in [4.78, 5) is 0. The Morgan fingerprint density at radius 2 is 0.881 bits per heavy atom. The van der Waals surface area contributed by atoms with Crippen molar-refractivity contribution in [2.45, 2.75) is 57.8 Å². The minimum atomic E-state index is -0.110. The first-order chi connectivity index (χ1) is 20.1. The summed E-state index contributed by atoms with van der Waals surface area (Å²) in [7, 11) is 0. The normalized spacial score (nSPS) is 17.4.